The molecule has 1 atom stereocenters. The summed E-state index contributed by atoms with van der Waals surface area (Å²) in [5.74, 6) is -2.57. The molecule has 122 valence electrons. The summed E-state index contributed by atoms with van der Waals surface area (Å²) in [4.78, 5) is 49.6. The molecule has 0 radical (unpaired) electrons. The van der Waals surface area contributed by atoms with E-state index in [1.807, 2.05) is 0 Å². The monoisotopic (exact) mass is 318 g/mol. The summed E-state index contributed by atoms with van der Waals surface area (Å²) in [7, 11) is 0. The average Bonchev–Trinajstić information content (AvgIpc) is 2.48. The van der Waals surface area contributed by atoms with Crippen LogP contribution in [0.15, 0.2) is 33.9 Å². The maximum atomic E-state index is 12.3. The van der Waals surface area contributed by atoms with Crippen LogP contribution in [-0.4, -0.2) is 27.5 Å². The number of aliphatic carboxylic acids is 1. The number of aromatic nitrogens is 2. The van der Waals surface area contributed by atoms with Crippen molar-refractivity contribution in [3.63, 3.8) is 0 Å². The number of carboxylic acid groups (broad SMARTS) is 1. The third-order valence-corrected chi connectivity index (χ3v) is 3.43. The molecule has 23 heavy (non-hydrogen) atoms. The molecular weight excluding hydrogens is 302 g/mol. The second-order valence-electron chi connectivity index (χ2n) is 5.48. The molecule has 0 fully saturated rings. The number of carbonyl (C=O) groups is 2. The van der Waals surface area contributed by atoms with Gasteiger partial charge in [-0.15, -0.1) is 0 Å². The normalized spacial score (nSPS) is 12.3. The standard InChI is InChI=1S/C15H17N3O5/c1-8(2)12(14(21)22)17-11(19)7-18-13(20)9-5-3-4-6-10(9)16-15(18)23/h3-6,8,12H,7H2,1-2H3,(H,16,23)(H,17,19)(H,21,22)/p-1/t12-/m1/s1. The number of fused-ring (bicyclic) bond motifs is 1. The van der Waals surface area contributed by atoms with E-state index in [-0.39, 0.29) is 5.39 Å². The number of carbonyl (C=O) groups excluding carboxylic acids is 2. The Hall–Kier alpha value is -2.90. The van der Waals surface area contributed by atoms with Crippen LogP contribution in [0.4, 0.5) is 0 Å². The van der Waals surface area contributed by atoms with E-state index in [0.717, 1.165) is 4.57 Å². The molecule has 2 N–H and O–H groups in total. The molecule has 8 nitrogen and oxygen atoms in total. The molecule has 0 aliphatic heterocycles. The SMILES string of the molecule is CC(C)[C@@H](NC(=O)Cn1c(=O)[nH]c2ccccc2c1=O)C(=O)[O-]. The van der Waals surface area contributed by atoms with E-state index in [4.69, 9.17) is 0 Å². The smallest absolute Gasteiger partial charge is 0.329 e. The Morgan fingerprint density at radius 3 is 2.52 bits per heavy atom. The van der Waals surface area contributed by atoms with E-state index >= 15 is 0 Å². The van der Waals surface area contributed by atoms with Gasteiger partial charge < -0.3 is 20.2 Å². The highest BCUT2D eigenvalue weighted by Gasteiger charge is 2.18. The van der Waals surface area contributed by atoms with E-state index in [0.29, 0.717) is 5.52 Å². The van der Waals surface area contributed by atoms with Crippen molar-refractivity contribution in [2.24, 2.45) is 5.92 Å². The van der Waals surface area contributed by atoms with Gasteiger partial charge in [0.05, 0.1) is 22.9 Å². The fraction of sp³-hybridized carbons (Fsp3) is 0.333. The summed E-state index contributed by atoms with van der Waals surface area (Å²) in [6, 6.07) is 5.21. The van der Waals surface area contributed by atoms with E-state index in [1.165, 1.54) is 6.07 Å². The minimum absolute atomic E-state index is 0.264. The number of carboxylic acids is 1. The van der Waals surface area contributed by atoms with Gasteiger partial charge in [0.25, 0.3) is 5.56 Å². The summed E-state index contributed by atoms with van der Waals surface area (Å²) in [5, 5.41) is 13.5. The van der Waals surface area contributed by atoms with Gasteiger partial charge in [0.15, 0.2) is 0 Å². The van der Waals surface area contributed by atoms with Crippen molar-refractivity contribution in [1.29, 1.82) is 0 Å². The summed E-state index contributed by atoms with van der Waals surface area (Å²) >= 11 is 0. The van der Waals surface area contributed by atoms with Crippen LogP contribution in [0.2, 0.25) is 0 Å². The van der Waals surface area contributed by atoms with Crippen molar-refractivity contribution in [2.75, 3.05) is 0 Å². The summed E-state index contributed by atoms with van der Waals surface area (Å²) < 4.78 is 0.727. The van der Waals surface area contributed by atoms with Crippen molar-refractivity contribution < 1.29 is 14.7 Å². The van der Waals surface area contributed by atoms with E-state index in [9.17, 15) is 24.3 Å². The zero-order chi connectivity index (χ0) is 17.1. The van der Waals surface area contributed by atoms with Crippen LogP contribution in [0.5, 0.6) is 0 Å². The van der Waals surface area contributed by atoms with Crippen LogP contribution in [0.1, 0.15) is 13.8 Å². The quantitative estimate of drug-likeness (QED) is 0.700. The molecule has 1 aromatic heterocycles. The van der Waals surface area contributed by atoms with Gasteiger partial charge in [-0.3, -0.25) is 14.2 Å². The minimum atomic E-state index is -1.42. The molecule has 0 saturated heterocycles. The maximum absolute atomic E-state index is 12.3. The number of nitrogens with zero attached hydrogens (tertiary/aromatic N) is 1. The van der Waals surface area contributed by atoms with Crippen molar-refractivity contribution in [3.8, 4) is 0 Å². The summed E-state index contributed by atoms with van der Waals surface area (Å²) in [5.41, 5.74) is -0.985. The lowest BCUT2D eigenvalue weighted by Gasteiger charge is -2.23. The van der Waals surface area contributed by atoms with Gasteiger partial charge in [-0.25, -0.2) is 4.79 Å². The highest BCUT2D eigenvalue weighted by molar-refractivity contribution is 5.83. The van der Waals surface area contributed by atoms with Crippen LogP contribution >= 0.6 is 0 Å². The lowest BCUT2D eigenvalue weighted by molar-refractivity contribution is -0.309. The molecule has 2 aromatic rings. The van der Waals surface area contributed by atoms with Crippen molar-refractivity contribution in [3.05, 3.63) is 45.1 Å². The molecule has 0 saturated carbocycles. The number of benzene rings is 1. The first-order chi connectivity index (χ1) is 10.8. The summed E-state index contributed by atoms with van der Waals surface area (Å²) in [6.45, 7) is 2.64. The van der Waals surface area contributed by atoms with Crippen LogP contribution in [0, 0.1) is 5.92 Å². The van der Waals surface area contributed by atoms with Gasteiger partial charge in [-0.1, -0.05) is 26.0 Å². The molecule has 1 aromatic carbocycles. The van der Waals surface area contributed by atoms with Gasteiger partial charge in [0, 0.05) is 0 Å². The number of nitrogens with one attached hydrogen (secondary N) is 2. The molecule has 0 spiro atoms. The first-order valence-electron chi connectivity index (χ1n) is 7.03. The number of rotatable bonds is 5. The van der Waals surface area contributed by atoms with Crippen molar-refractivity contribution >= 4 is 22.8 Å². The Morgan fingerprint density at radius 2 is 1.91 bits per heavy atom. The van der Waals surface area contributed by atoms with Gasteiger partial charge in [-0.05, 0) is 18.1 Å². The zero-order valence-corrected chi connectivity index (χ0v) is 12.7. The summed E-state index contributed by atoms with van der Waals surface area (Å²) in [6.07, 6.45) is 0. The van der Waals surface area contributed by atoms with Crippen LogP contribution < -0.4 is 21.7 Å². The Balaban J connectivity index is 2.32. The van der Waals surface area contributed by atoms with Crippen LogP contribution in [-0.2, 0) is 16.1 Å². The number of hydrogen-bond acceptors (Lipinski definition) is 5. The number of aromatic amines is 1. The topological polar surface area (TPSA) is 124 Å². The molecule has 8 heteroatoms. The fourth-order valence-electron chi connectivity index (χ4n) is 2.20. The average molecular weight is 318 g/mol. The third-order valence-electron chi connectivity index (χ3n) is 3.43. The van der Waals surface area contributed by atoms with E-state index in [2.05, 4.69) is 10.3 Å². The van der Waals surface area contributed by atoms with Gasteiger partial charge >= 0.3 is 5.69 Å². The number of amides is 1. The highest BCUT2D eigenvalue weighted by Crippen LogP contribution is 2.03. The fourth-order valence-corrected chi connectivity index (χ4v) is 2.20. The third kappa shape index (κ3) is 3.47. The Labute approximate surface area is 130 Å². The van der Waals surface area contributed by atoms with E-state index < -0.39 is 41.6 Å². The molecule has 0 bridgehead atoms. The predicted molar refractivity (Wildman–Crippen MR) is 80.6 cm³/mol. The Bertz CT molecular complexity index is 865. The second-order valence-corrected chi connectivity index (χ2v) is 5.48. The van der Waals surface area contributed by atoms with Crippen LogP contribution in [0.25, 0.3) is 10.9 Å². The number of para-hydroxylation sites is 1. The maximum Gasteiger partial charge on any atom is 0.329 e. The minimum Gasteiger partial charge on any atom is -0.548 e. The first-order valence-corrected chi connectivity index (χ1v) is 7.03. The second kappa shape index (κ2) is 6.47. The van der Waals surface area contributed by atoms with Crippen molar-refractivity contribution in [2.45, 2.75) is 26.4 Å². The van der Waals surface area contributed by atoms with Gasteiger partial charge in [0.1, 0.15) is 6.54 Å². The lowest BCUT2D eigenvalue weighted by atomic mass is 10.1. The molecule has 2 rings (SSSR count). The number of H-pyrrole nitrogens is 1. The first kappa shape index (κ1) is 16.5. The van der Waals surface area contributed by atoms with E-state index in [1.54, 1.807) is 32.0 Å². The Kier molecular flexibility index (Phi) is 4.63. The molecular formula is C15H16N3O5-. The largest absolute Gasteiger partial charge is 0.548 e. The highest BCUT2D eigenvalue weighted by atomic mass is 16.4. The van der Waals surface area contributed by atoms with Gasteiger partial charge in [-0.2, -0.15) is 0 Å². The zero-order valence-electron chi connectivity index (χ0n) is 12.7. The molecule has 1 amide bonds. The molecule has 0 aliphatic rings. The van der Waals surface area contributed by atoms with Crippen LogP contribution in [0.3, 0.4) is 0 Å². The molecule has 1 heterocycles. The molecule has 0 unspecified atom stereocenters. The Morgan fingerprint density at radius 1 is 1.26 bits per heavy atom. The van der Waals surface area contributed by atoms with Gasteiger partial charge in [0.2, 0.25) is 5.91 Å². The molecule has 0 aliphatic carbocycles. The predicted octanol–water partition coefficient (Wildman–Crippen LogP) is -1.42. The lowest BCUT2D eigenvalue weighted by Crippen LogP contribution is -2.52. The van der Waals surface area contributed by atoms with Crippen molar-refractivity contribution in [1.82, 2.24) is 14.9 Å². The number of hydrogen-bond donors (Lipinski definition) is 2.